The Labute approximate surface area is 85.3 Å². The van der Waals surface area contributed by atoms with Crippen molar-refractivity contribution >= 4 is 0 Å². The molecule has 0 spiro atoms. The predicted octanol–water partition coefficient (Wildman–Crippen LogP) is 0.943. The summed E-state index contributed by atoms with van der Waals surface area (Å²) in [5, 5.41) is 3.11. The molecule has 1 heterocycles. The van der Waals surface area contributed by atoms with Gasteiger partial charge < -0.3 is 9.73 Å². The number of hydrogen-bond acceptors (Lipinski definition) is 4. The summed E-state index contributed by atoms with van der Waals surface area (Å²) in [5.41, 5.74) is 0.988. The highest BCUT2D eigenvalue weighted by Gasteiger charge is 2.07. The molecular weight excluding hydrogens is 178 g/mol. The maximum Gasteiger partial charge on any atom is 0.208 e. The Balaban J connectivity index is 2.43. The van der Waals surface area contributed by atoms with Crippen molar-refractivity contribution in [2.45, 2.75) is 20.4 Å². The minimum atomic E-state index is 0.774. The molecule has 80 valence electrons. The first-order valence-corrected chi connectivity index (χ1v) is 4.89. The fourth-order valence-corrected chi connectivity index (χ4v) is 1.22. The molecule has 1 rings (SSSR count). The SMILES string of the molecule is CNCCN(C)Cc1nc(C)c(C)o1. The molecule has 0 amide bonds. The van der Waals surface area contributed by atoms with Gasteiger partial charge in [-0.3, -0.25) is 4.90 Å². The number of nitrogens with one attached hydrogen (secondary N) is 1. The Kier molecular flexibility index (Phi) is 4.10. The van der Waals surface area contributed by atoms with Gasteiger partial charge in [0.25, 0.3) is 0 Å². The van der Waals surface area contributed by atoms with Gasteiger partial charge in [0.1, 0.15) is 5.76 Å². The minimum absolute atomic E-state index is 0.774. The molecule has 0 unspecified atom stereocenters. The molecule has 0 aromatic carbocycles. The van der Waals surface area contributed by atoms with Crippen LogP contribution in [0, 0.1) is 13.8 Å². The van der Waals surface area contributed by atoms with Crippen LogP contribution >= 0.6 is 0 Å². The first-order chi connectivity index (χ1) is 6.63. The predicted molar refractivity (Wildman–Crippen MR) is 56.2 cm³/mol. The number of aryl methyl sites for hydroxylation is 2. The zero-order chi connectivity index (χ0) is 10.6. The van der Waals surface area contributed by atoms with Crippen molar-refractivity contribution in [2.75, 3.05) is 27.2 Å². The Hall–Kier alpha value is -0.870. The van der Waals surface area contributed by atoms with E-state index in [1.165, 1.54) is 0 Å². The number of oxazole rings is 1. The highest BCUT2D eigenvalue weighted by Crippen LogP contribution is 2.09. The fourth-order valence-electron chi connectivity index (χ4n) is 1.22. The van der Waals surface area contributed by atoms with Gasteiger partial charge in [0, 0.05) is 13.1 Å². The summed E-state index contributed by atoms with van der Waals surface area (Å²) in [5.74, 6) is 1.72. The van der Waals surface area contributed by atoms with E-state index < -0.39 is 0 Å². The van der Waals surface area contributed by atoms with Gasteiger partial charge >= 0.3 is 0 Å². The first kappa shape index (κ1) is 11.2. The van der Waals surface area contributed by atoms with Crippen molar-refractivity contribution < 1.29 is 4.42 Å². The Bertz CT molecular complexity index is 263. The summed E-state index contributed by atoms with van der Waals surface area (Å²) >= 11 is 0. The lowest BCUT2D eigenvalue weighted by Crippen LogP contribution is -2.27. The third kappa shape index (κ3) is 3.12. The largest absolute Gasteiger partial charge is 0.444 e. The molecule has 14 heavy (non-hydrogen) atoms. The van der Waals surface area contributed by atoms with E-state index >= 15 is 0 Å². The van der Waals surface area contributed by atoms with E-state index in [1.54, 1.807) is 0 Å². The standard InChI is InChI=1S/C10H19N3O/c1-8-9(2)14-10(12-8)7-13(4)6-5-11-3/h11H,5-7H2,1-4H3. The maximum absolute atomic E-state index is 5.49. The normalized spacial score (nSPS) is 11.2. The molecule has 0 aliphatic rings. The van der Waals surface area contributed by atoms with E-state index in [0.717, 1.165) is 37.0 Å². The molecule has 0 aliphatic carbocycles. The van der Waals surface area contributed by atoms with E-state index in [0.29, 0.717) is 0 Å². The topological polar surface area (TPSA) is 41.3 Å². The summed E-state index contributed by atoms with van der Waals surface area (Å²) in [6, 6.07) is 0. The maximum atomic E-state index is 5.49. The van der Waals surface area contributed by atoms with Crippen LogP contribution in [0.25, 0.3) is 0 Å². The highest BCUT2D eigenvalue weighted by molar-refractivity contribution is 5.05. The molecule has 4 nitrogen and oxygen atoms in total. The average molecular weight is 197 g/mol. The van der Waals surface area contributed by atoms with Crippen molar-refractivity contribution in [3.05, 3.63) is 17.3 Å². The van der Waals surface area contributed by atoms with Gasteiger partial charge in [0.05, 0.1) is 12.2 Å². The van der Waals surface area contributed by atoms with Crippen LogP contribution in [0.15, 0.2) is 4.42 Å². The van der Waals surface area contributed by atoms with Gasteiger partial charge in [-0.25, -0.2) is 4.98 Å². The quantitative estimate of drug-likeness (QED) is 0.763. The Morgan fingerprint density at radius 2 is 2.14 bits per heavy atom. The van der Waals surface area contributed by atoms with Gasteiger partial charge in [-0.15, -0.1) is 0 Å². The molecular formula is C10H19N3O. The van der Waals surface area contributed by atoms with Crippen LogP contribution < -0.4 is 5.32 Å². The molecule has 1 aromatic heterocycles. The molecule has 0 fully saturated rings. The third-order valence-corrected chi connectivity index (χ3v) is 2.22. The Morgan fingerprint density at radius 1 is 1.43 bits per heavy atom. The summed E-state index contributed by atoms with van der Waals surface area (Å²) < 4.78 is 5.49. The summed E-state index contributed by atoms with van der Waals surface area (Å²) in [4.78, 5) is 6.51. The van der Waals surface area contributed by atoms with Crippen LogP contribution in [0.2, 0.25) is 0 Å². The van der Waals surface area contributed by atoms with Crippen molar-refractivity contribution in [1.82, 2.24) is 15.2 Å². The lowest BCUT2D eigenvalue weighted by Gasteiger charge is -2.13. The zero-order valence-electron chi connectivity index (χ0n) is 9.42. The molecule has 1 aromatic rings. The van der Waals surface area contributed by atoms with E-state index in [1.807, 2.05) is 20.9 Å². The van der Waals surface area contributed by atoms with Gasteiger partial charge in [0.15, 0.2) is 0 Å². The number of rotatable bonds is 5. The molecule has 0 saturated carbocycles. The van der Waals surface area contributed by atoms with Crippen molar-refractivity contribution in [2.24, 2.45) is 0 Å². The van der Waals surface area contributed by atoms with Crippen LogP contribution in [0.1, 0.15) is 17.3 Å². The molecule has 0 radical (unpaired) electrons. The fraction of sp³-hybridized carbons (Fsp3) is 0.700. The highest BCUT2D eigenvalue weighted by atomic mass is 16.4. The van der Waals surface area contributed by atoms with Gasteiger partial charge in [-0.05, 0) is 27.9 Å². The zero-order valence-corrected chi connectivity index (χ0v) is 9.42. The lowest BCUT2D eigenvalue weighted by molar-refractivity contribution is 0.287. The lowest BCUT2D eigenvalue weighted by atomic mass is 10.4. The smallest absolute Gasteiger partial charge is 0.208 e. The van der Waals surface area contributed by atoms with Crippen LogP contribution in [-0.2, 0) is 6.54 Å². The van der Waals surface area contributed by atoms with Gasteiger partial charge in [-0.1, -0.05) is 0 Å². The molecule has 0 atom stereocenters. The number of hydrogen-bond donors (Lipinski definition) is 1. The second-order valence-electron chi connectivity index (χ2n) is 3.59. The van der Waals surface area contributed by atoms with E-state index in [4.69, 9.17) is 4.42 Å². The summed E-state index contributed by atoms with van der Waals surface area (Å²) in [6.07, 6.45) is 0. The minimum Gasteiger partial charge on any atom is -0.444 e. The molecule has 0 aliphatic heterocycles. The van der Waals surface area contributed by atoms with Crippen LogP contribution in [0.3, 0.4) is 0 Å². The third-order valence-electron chi connectivity index (χ3n) is 2.22. The molecule has 0 saturated heterocycles. The average Bonchev–Trinajstić information content (AvgIpc) is 2.42. The monoisotopic (exact) mass is 197 g/mol. The van der Waals surface area contributed by atoms with Crippen molar-refractivity contribution in [3.8, 4) is 0 Å². The van der Waals surface area contributed by atoms with Crippen LogP contribution in [-0.4, -0.2) is 37.1 Å². The van der Waals surface area contributed by atoms with Crippen molar-refractivity contribution in [3.63, 3.8) is 0 Å². The summed E-state index contributed by atoms with van der Waals surface area (Å²) in [7, 11) is 4.01. The van der Waals surface area contributed by atoms with Gasteiger partial charge in [-0.2, -0.15) is 0 Å². The summed E-state index contributed by atoms with van der Waals surface area (Å²) in [6.45, 7) is 6.66. The van der Waals surface area contributed by atoms with Crippen LogP contribution in [0.5, 0.6) is 0 Å². The Morgan fingerprint density at radius 3 is 2.64 bits per heavy atom. The first-order valence-electron chi connectivity index (χ1n) is 4.89. The second-order valence-corrected chi connectivity index (χ2v) is 3.59. The van der Waals surface area contributed by atoms with Crippen LogP contribution in [0.4, 0.5) is 0 Å². The van der Waals surface area contributed by atoms with E-state index in [2.05, 4.69) is 22.2 Å². The molecule has 0 bridgehead atoms. The van der Waals surface area contributed by atoms with Crippen molar-refractivity contribution in [1.29, 1.82) is 0 Å². The number of likely N-dealkylation sites (N-methyl/N-ethyl adjacent to an activating group) is 2. The second kappa shape index (κ2) is 5.12. The number of nitrogens with zero attached hydrogens (tertiary/aromatic N) is 2. The van der Waals surface area contributed by atoms with E-state index in [9.17, 15) is 0 Å². The number of aromatic nitrogens is 1. The van der Waals surface area contributed by atoms with E-state index in [-0.39, 0.29) is 0 Å². The molecule has 4 heteroatoms. The molecule has 1 N–H and O–H groups in total. The van der Waals surface area contributed by atoms with Gasteiger partial charge in [0.2, 0.25) is 5.89 Å².